The van der Waals surface area contributed by atoms with Gasteiger partial charge in [-0.15, -0.1) is 0 Å². The monoisotopic (exact) mass is 511 g/mol. The smallest absolute Gasteiger partial charge is 0.259 e. The van der Waals surface area contributed by atoms with Crippen molar-refractivity contribution in [1.82, 2.24) is 10.7 Å². The molecule has 0 spiro atoms. The lowest BCUT2D eigenvalue weighted by Crippen LogP contribution is -2.34. The number of ether oxygens (including phenoxy) is 4. The molecule has 0 aromatic heterocycles. The third-order valence-electron chi connectivity index (χ3n) is 4.94. The van der Waals surface area contributed by atoms with Crippen LogP contribution in [-0.4, -0.2) is 45.9 Å². The van der Waals surface area contributed by atoms with Crippen molar-refractivity contribution in [2.24, 2.45) is 5.10 Å². The van der Waals surface area contributed by atoms with Crippen LogP contribution in [0.4, 0.5) is 0 Å². The lowest BCUT2D eigenvalue weighted by atomic mass is 10.1. The molecule has 0 radical (unpaired) electrons. The molecule has 3 aromatic rings. The van der Waals surface area contributed by atoms with Crippen LogP contribution in [0.3, 0.4) is 0 Å². The Bertz CT molecular complexity index is 1190. The molecule has 0 aliphatic carbocycles. The van der Waals surface area contributed by atoms with E-state index in [1.807, 2.05) is 24.3 Å². The van der Waals surface area contributed by atoms with Gasteiger partial charge in [-0.25, -0.2) is 5.43 Å². The summed E-state index contributed by atoms with van der Waals surface area (Å²) >= 11 is 5.88. The summed E-state index contributed by atoms with van der Waals surface area (Å²) in [5.74, 6) is 0.748. The molecular formula is C26H26ClN3O6. The van der Waals surface area contributed by atoms with Gasteiger partial charge in [-0.05, 0) is 59.7 Å². The molecule has 3 rings (SSSR count). The summed E-state index contributed by atoms with van der Waals surface area (Å²) < 4.78 is 21.5. The fourth-order valence-electron chi connectivity index (χ4n) is 3.09. The first-order chi connectivity index (χ1) is 17.4. The Kier molecular flexibility index (Phi) is 9.53. The maximum Gasteiger partial charge on any atom is 0.259 e. The van der Waals surface area contributed by atoms with Crippen LogP contribution in [0.2, 0.25) is 5.02 Å². The first-order valence-electron chi connectivity index (χ1n) is 10.8. The largest absolute Gasteiger partial charge is 0.493 e. The average molecular weight is 512 g/mol. The van der Waals surface area contributed by atoms with Gasteiger partial charge in [0, 0.05) is 10.6 Å². The van der Waals surface area contributed by atoms with E-state index in [1.165, 1.54) is 39.7 Å². The highest BCUT2D eigenvalue weighted by Gasteiger charge is 2.17. The summed E-state index contributed by atoms with van der Waals surface area (Å²) in [6.45, 7) is 0.146. The van der Waals surface area contributed by atoms with Crippen molar-refractivity contribution in [2.45, 2.75) is 6.61 Å². The molecule has 2 amide bonds. The number of amides is 2. The number of halogens is 1. The van der Waals surface area contributed by atoms with Gasteiger partial charge in [0.1, 0.15) is 12.4 Å². The quantitative estimate of drug-likeness (QED) is 0.299. The second kappa shape index (κ2) is 13.0. The zero-order valence-electron chi connectivity index (χ0n) is 20.0. The molecule has 9 nitrogen and oxygen atoms in total. The number of carbonyl (C=O) groups excluding carboxylic acids is 2. The van der Waals surface area contributed by atoms with Crippen molar-refractivity contribution in [3.8, 4) is 23.0 Å². The van der Waals surface area contributed by atoms with Crippen LogP contribution in [0.5, 0.6) is 23.0 Å². The highest BCUT2D eigenvalue weighted by atomic mass is 35.5. The van der Waals surface area contributed by atoms with E-state index in [-0.39, 0.29) is 12.1 Å². The third kappa shape index (κ3) is 7.38. The van der Waals surface area contributed by atoms with Gasteiger partial charge < -0.3 is 24.3 Å². The highest BCUT2D eigenvalue weighted by molar-refractivity contribution is 6.30. The van der Waals surface area contributed by atoms with Gasteiger partial charge in [0.15, 0.2) is 11.5 Å². The van der Waals surface area contributed by atoms with Crippen LogP contribution in [0, 0.1) is 0 Å². The Labute approximate surface area is 214 Å². The van der Waals surface area contributed by atoms with Crippen molar-refractivity contribution in [2.75, 3.05) is 27.9 Å². The second-order valence-electron chi connectivity index (χ2n) is 7.37. The van der Waals surface area contributed by atoms with Crippen LogP contribution >= 0.6 is 11.6 Å². The Morgan fingerprint density at radius 2 is 1.56 bits per heavy atom. The number of rotatable bonds is 11. The van der Waals surface area contributed by atoms with E-state index >= 15 is 0 Å². The molecule has 3 aromatic carbocycles. The maximum absolute atomic E-state index is 12.5. The minimum absolute atomic E-state index is 0.249. The van der Waals surface area contributed by atoms with Gasteiger partial charge in [-0.1, -0.05) is 23.7 Å². The van der Waals surface area contributed by atoms with Crippen LogP contribution in [0.25, 0.3) is 0 Å². The van der Waals surface area contributed by atoms with E-state index in [4.69, 9.17) is 30.5 Å². The van der Waals surface area contributed by atoms with Crippen LogP contribution in [0.1, 0.15) is 21.5 Å². The molecule has 0 atom stereocenters. The minimum atomic E-state index is -0.491. The van der Waals surface area contributed by atoms with E-state index in [9.17, 15) is 9.59 Å². The van der Waals surface area contributed by atoms with Gasteiger partial charge >= 0.3 is 0 Å². The normalized spacial score (nSPS) is 10.6. The van der Waals surface area contributed by atoms with Gasteiger partial charge in [-0.2, -0.15) is 5.10 Å². The second-order valence-corrected chi connectivity index (χ2v) is 7.81. The topological polar surface area (TPSA) is 107 Å². The molecule has 0 fully saturated rings. The van der Waals surface area contributed by atoms with Gasteiger partial charge in [-0.3, -0.25) is 9.59 Å². The minimum Gasteiger partial charge on any atom is -0.493 e. The number of hydrogen-bond donors (Lipinski definition) is 2. The zero-order chi connectivity index (χ0) is 25.9. The number of carbonyl (C=O) groups is 2. The maximum atomic E-state index is 12.5. The number of methoxy groups -OCH3 is 3. The molecule has 36 heavy (non-hydrogen) atoms. The summed E-state index contributed by atoms with van der Waals surface area (Å²) in [6, 6.07) is 17.6. The molecule has 0 saturated heterocycles. The fraction of sp³-hybridized carbons (Fsp3) is 0.192. The summed E-state index contributed by atoms with van der Waals surface area (Å²) in [4.78, 5) is 24.5. The number of hydrazone groups is 1. The van der Waals surface area contributed by atoms with E-state index in [1.54, 1.807) is 24.3 Å². The number of benzene rings is 3. The van der Waals surface area contributed by atoms with Crippen LogP contribution < -0.4 is 29.7 Å². The Balaban J connectivity index is 1.46. The average Bonchev–Trinajstić information content (AvgIpc) is 2.91. The molecule has 0 unspecified atom stereocenters. The summed E-state index contributed by atoms with van der Waals surface area (Å²) in [5, 5.41) is 7.12. The number of hydrogen-bond acceptors (Lipinski definition) is 7. The molecule has 0 bridgehead atoms. The van der Waals surface area contributed by atoms with Gasteiger partial charge in [0.25, 0.3) is 11.8 Å². The third-order valence-corrected chi connectivity index (χ3v) is 5.19. The van der Waals surface area contributed by atoms with E-state index < -0.39 is 11.8 Å². The molecule has 0 heterocycles. The van der Waals surface area contributed by atoms with Crippen molar-refractivity contribution < 1.29 is 28.5 Å². The first kappa shape index (κ1) is 26.4. The molecule has 2 N–H and O–H groups in total. The van der Waals surface area contributed by atoms with Gasteiger partial charge in [0.2, 0.25) is 5.75 Å². The van der Waals surface area contributed by atoms with E-state index in [2.05, 4.69) is 15.8 Å². The van der Waals surface area contributed by atoms with E-state index in [0.29, 0.717) is 34.6 Å². The van der Waals surface area contributed by atoms with Crippen molar-refractivity contribution in [3.05, 3.63) is 82.4 Å². The lowest BCUT2D eigenvalue weighted by molar-refractivity contribution is -0.120. The standard InChI is InChI=1S/C26H26ClN3O6/c1-33-22-12-19(13-23(34-2)25(22)35-3)26(32)28-15-24(31)30-29-14-17-6-10-21(11-7-17)36-16-18-4-8-20(27)9-5-18/h4-14H,15-16H2,1-3H3,(H,28,32)(H,30,31)/b29-14+. The molecule has 0 aliphatic rings. The molecule has 10 heteroatoms. The number of nitrogens with zero attached hydrogens (tertiary/aromatic N) is 1. The lowest BCUT2D eigenvalue weighted by Gasteiger charge is -2.14. The van der Waals surface area contributed by atoms with Crippen molar-refractivity contribution in [3.63, 3.8) is 0 Å². The predicted molar refractivity (Wildman–Crippen MR) is 136 cm³/mol. The van der Waals surface area contributed by atoms with Crippen LogP contribution in [-0.2, 0) is 11.4 Å². The SMILES string of the molecule is COc1cc(C(=O)NCC(=O)N/N=C/c2ccc(OCc3ccc(Cl)cc3)cc2)cc(OC)c1OC. The molecule has 0 aliphatic heterocycles. The summed E-state index contributed by atoms with van der Waals surface area (Å²) in [5.41, 5.74) is 4.39. The molecule has 0 saturated carbocycles. The number of nitrogens with one attached hydrogen (secondary N) is 2. The first-order valence-corrected chi connectivity index (χ1v) is 11.2. The Morgan fingerprint density at radius 3 is 2.14 bits per heavy atom. The Morgan fingerprint density at radius 1 is 0.917 bits per heavy atom. The van der Waals surface area contributed by atoms with Crippen LogP contribution in [0.15, 0.2) is 65.8 Å². The molecular weight excluding hydrogens is 486 g/mol. The zero-order valence-corrected chi connectivity index (χ0v) is 20.8. The molecule has 188 valence electrons. The predicted octanol–water partition coefficient (Wildman–Crippen LogP) is 3.82. The fourth-order valence-corrected chi connectivity index (χ4v) is 3.22. The Hall–Kier alpha value is -4.24. The highest BCUT2D eigenvalue weighted by Crippen LogP contribution is 2.38. The van der Waals surface area contributed by atoms with Crippen molar-refractivity contribution in [1.29, 1.82) is 0 Å². The van der Waals surface area contributed by atoms with Crippen molar-refractivity contribution >= 4 is 29.6 Å². The van der Waals surface area contributed by atoms with E-state index in [0.717, 1.165) is 11.1 Å². The summed E-state index contributed by atoms with van der Waals surface area (Å²) in [6.07, 6.45) is 1.49. The van der Waals surface area contributed by atoms with Gasteiger partial charge in [0.05, 0.1) is 34.1 Å². The summed E-state index contributed by atoms with van der Waals surface area (Å²) in [7, 11) is 4.37.